The summed E-state index contributed by atoms with van der Waals surface area (Å²) in [6.07, 6.45) is 2.07. The number of amides is 1. The molecule has 1 unspecified atom stereocenters. The number of thioether (sulfide) groups is 1. The lowest BCUT2D eigenvalue weighted by atomic mass is 10.1. The highest BCUT2D eigenvalue weighted by atomic mass is 32.2. The summed E-state index contributed by atoms with van der Waals surface area (Å²) >= 11 is 1.55. The van der Waals surface area contributed by atoms with Crippen molar-refractivity contribution in [1.82, 2.24) is 15.2 Å². The minimum Gasteiger partial charge on any atom is -0.431 e. The summed E-state index contributed by atoms with van der Waals surface area (Å²) in [5.74, 6) is 0.687. The Morgan fingerprint density at radius 2 is 1.97 bits per heavy atom. The molecule has 2 aromatic carbocycles. The molecule has 0 spiro atoms. The molecular weight excluding hydrogens is 406 g/mol. The van der Waals surface area contributed by atoms with Gasteiger partial charge in [0.25, 0.3) is 11.1 Å². The van der Waals surface area contributed by atoms with Crippen LogP contribution < -0.4 is 5.32 Å². The molecule has 1 heterocycles. The molecule has 1 aromatic heterocycles. The Balaban J connectivity index is 1.52. The van der Waals surface area contributed by atoms with Crippen molar-refractivity contribution in [3.8, 4) is 0 Å². The highest BCUT2D eigenvalue weighted by Gasteiger charge is 2.12. The third-order valence-corrected chi connectivity index (χ3v) is 6.44. The minimum atomic E-state index is -0.0142. The van der Waals surface area contributed by atoms with Crippen LogP contribution in [-0.4, -0.2) is 41.5 Å². The number of fused-ring (bicyclic) bond motifs is 1. The summed E-state index contributed by atoms with van der Waals surface area (Å²) < 4.78 is 5.84. The smallest absolute Gasteiger partial charge is 0.257 e. The average Bonchev–Trinajstić information content (AvgIpc) is 3.20. The van der Waals surface area contributed by atoms with E-state index in [1.54, 1.807) is 11.8 Å². The molecule has 1 N–H and O–H groups in total. The molecule has 3 rings (SSSR count). The van der Waals surface area contributed by atoms with Crippen LogP contribution in [-0.2, 0) is 5.75 Å². The fraction of sp³-hybridized carbons (Fsp3) is 0.440. The van der Waals surface area contributed by atoms with Gasteiger partial charge in [-0.2, -0.15) is 0 Å². The predicted octanol–water partition coefficient (Wildman–Crippen LogP) is 5.67. The molecule has 0 aliphatic rings. The van der Waals surface area contributed by atoms with E-state index in [1.165, 1.54) is 0 Å². The number of aromatic nitrogens is 1. The molecule has 0 aliphatic carbocycles. The first-order valence-corrected chi connectivity index (χ1v) is 12.1. The van der Waals surface area contributed by atoms with E-state index < -0.39 is 0 Å². The molecule has 0 saturated carbocycles. The van der Waals surface area contributed by atoms with Crippen molar-refractivity contribution >= 4 is 28.8 Å². The molecule has 31 heavy (non-hydrogen) atoms. The van der Waals surface area contributed by atoms with Gasteiger partial charge in [-0.15, -0.1) is 0 Å². The summed E-state index contributed by atoms with van der Waals surface area (Å²) in [5.41, 5.74) is 4.60. The number of benzene rings is 2. The number of oxazole rings is 1. The van der Waals surface area contributed by atoms with Crippen LogP contribution in [0.4, 0.5) is 0 Å². The quantitative estimate of drug-likeness (QED) is 0.390. The molecule has 1 amide bonds. The van der Waals surface area contributed by atoms with Gasteiger partial charge >= 0.3 is 0 Å². The van der Waals surface area contributed by atoms with Gasteiger partial charge in [0.1, 0.15) is 5.52 Å². The molecule has 1 atom stereocenters. The van der Waals surface area contributed by atoms with Gasteiger partial charge in [-0.1, -0.05) is 49.9 Å². The molecule has 5 nitrogen and oxygen atoms in total. The van der Waals surface area contributed by atoms with Crippen molar-refractivity contribution in [3.05, 3.63) is 59.2 Å². The fourth-order valence-corrected chi connectivity index (χ4v) is 4.39. The monoisotopic (exact) mass is 439 g/mol. The maximum atomic E-state index is 12.7. The number of nitrogens with one attached hydrogen (secondary N) is 1. The zero-order valence-electron chi connectivity index (χ0n) is 19.0. The lowest BCUT2D eigenvalue weighted by Crippen LogP contribution is -2.33. The first-order valence-electron chi connectivity index (χ1n) is 11.1. The van der Waals surface area contributed by atoms with E-state index in [0.717, 1.165) is 54.7 Å². The van der Waals surface area contributed by atoms with Crippen LogP contribution in [0.15, 0.2) is 52.1 Å². The van der Waals surface area contributed by atoms with Gasteiger partial charge in [-0.05, 0) is 75.6 Å². The van der Waals surface area contributed by atoms with E-state index in [4.69, 9.17) is 4.42 Å². The van der Waals surface area contributed by atoms with Gasteiger partial charge < -0.3 is 14.6 Å². The molecule has 0 bridgehead atoms. The van der Waals surface area contributed by atoms with Crippen molar-refractivity contribution in [1.29, 1.82) is 0 Å². The number of hydrogen-bond donors (Lipinski definition) is 1. The van der Waals surface area contributed by atoms with Crippen molar-refractivity contribution < 1.29 is 9.21 Å². The zero-order valence-corrected chi connectivity index (χ0v) is 19.8. The van der Waals surface area contributed by atoms with Crippen molar-refractivity contribution in [2.24, 2.45) is 0 Å². The van der Waals surface area contributed by atoms with Gasteiger partial charge in [-0.25, -0.2) is 4.98 Å². The standard InChI is InChI=1S/C25H33N3O2S/c1-5-28(6-2)15-9-11-19(4)26-24(29)21-13-8-12-20(16-21)17-31-25-27-23-18(3)10-7-14-22(23)30-25/h7-8,10,12-14,16,19H,5-6,9,11,15,17H2,1-4H3,(H,26,29). The number of carbonyl (C=O) groups excluding carboxylic acids is 1. The average molecular weight is 440 g/mol. The third-order valence-electron chi connectivity index (χ3n) is 5.54. The van der Waals surface area contributed by atoms with Gasteiger partial charge in [0, 0.05) is 17.4 Å². The lowest BCUT2D eigenvalue weighted by Gasteiger charge is -2.19. The number of rotatable bonds is 11. The Labute approximate surface area is 189 Å². The van der Waals surface area contributed by atoms with Crippen LogP contribution in [0.2, 0.25) is 0 Å². The van der Waals surface area contributed by atoms with E-state index in [1.807, 2.05) is 49.4 Å². The van der Waals surface area contributed by atoms with E-state index in [0.29, 0.717) is 16.5 Å². The van der Waals surface area contributed by atoms with Crippen LogP contribution in [0.3, 0.4) is 0 Å². The molecule has 0 aliphatic heterocycles. The second-order valence-electron chi connectivity index (χ2n) is 7.93. The first kappa shape index (κ1) is 23.4. The van der Waals surface area contributed by atoms with Gasteiger partial charge in [0.05, 0.1) is 0 Å². The molecule has 0 fully saturated rings. The molecule has 0 saturated heterocycles. The van der Waals surface area contributed by atoms with Crippen LogP contribution >= 0.6 is 11.8 Å². The van der Waals surface area contributed by atoms with Crippen LogP contribution in [0.1, 0.15) is 55.1 Å². The summed E-state index contributed by atoms with van der Waals surface area (Å²) in [7, 11) is 0. The number of para-hydroxylation sites is 1. The van der Waals surface area contributed by atoms with Gasteiger partial charge in [0.15, 0.2) is 5.58 Å². The lowest BCUT2D eigenvalue weighted by molar-refractivity contribution is 0.0937. The van der Waals surface area contributed by atoms with Crippen LogP contribution in [0.5, 0.6) is 0 Å². The Kier molecular flexibility index (Phi) is 8.55. The van der Waals surface area contributed by atoms with E-state index in [-0.39, 0.29) is 11.9 Å². The Morgan fingerprint density at radius 1 is 1.19 bits per heavy atom. The summed E-state index contributed by atoms with van der Waals surface area (Å²) in [6.45, 7) is 11.7. The SMILES string of the molecule is CCN(CC)CCCC(C)NC(=O)c1cccc(CSc2nc3c(C)cccc3o2)c1. The number of carbonyl (C=O) groups is 1. The van der Waals surface area contributed by atoms with Crippen LogP contribution in [0.25, 0.3) is 11.1 Å². The second-order valence-corrected chi connectivity index (χ2v) is 8.86. The molecule has 3 aromatic rings. The van der Waals surface area contributed by atoms with E-state index in [2.05, 4.69) is 36.0 Å². The topological polar surface area (TPSA) is 58.4 Å². The first-order chi connectivity index (χ1) is 15.0. The highest BCUT2D eigenvalue weighted by molar-refractivity contribution is 7.98. The Bertz CT molecular complexity index is 997. The summed E-state index contributed by atoms with van der Waals surface area (Å²) in [4.78, 5) is 19.7. The number of aryl methyl sites for hydroxylation is 1. The normalized spacial score (nSPS) is 12.4. The van der Waals surface area contributed by atoms with E-state index in [9.17, 15) is 4.79 Å². The summed E-state index contributed by atoms with van der Waals surface area (Å²) in [5, 5.41) is 3.79. The number of hydrogen-bond acceptors (Lipinski definition) is 5. The Hall–Kier alpha value is -2.31. The zero-order chi connectivity index (χ0) is 22.2. The molecule has 6 heteroatoms. The minimum absolute atomic E-state index is 0.0142. The molecular formula is C25H33N3O2S. The maximum Gasteiger partial charge on any atom is 0.257 e. The largest absolute Gasteiger partial charge is 0.431 e. The maximum absolute atomic E-state index is 12.7. The summed E-state index contributed by atoms with van der Waals surface area (Å²) in [6, 6.07) is 13.9. The van der Waals surface area contributed by atoms with Crippen molar-refractivity contribution in [2.75, 3.05) is 19.6 Å². The Morgan fingerprint density at radius 3 is 2.71 bits per heavy atom. The third kappa shape index (κ3) is 6.58. The predicted molar refractivity (Wildman–Crippen MR) is 129 cm³/mol. The number of nitrogens with zero attached hydrogens (tertiary/aromatic N) is 2. The molecule has 0 radical (unpaired) electrons. The van der Waals surface area contributed by atoms with Gasteiger partial charge in [0.2, 0.25) is 0 Å². The molecule has 166 valence electrons. The highest BCUT2D eigenvalue weighted by Crippen LogP contribution is 2.27. The van der Waals surface area contributed by atoms with E-state index >= 15 is 0 Å². The fourth-order valence-electron chi connectivity index (χ4n) is 3.62. The van der Waals surface area contributed by atoms with Gasteiger partial charge in [-0.3, -0.25) is 4.79 Å². The van der Waals surface area contributed by atoms with Crippen LogP contribution in [0, 0.1) is 6.92 Å². The van der Waals surface area contributed by atoms with Crippen molar-refractivity contribution in [3.63, 3.8) is 0 Å². The van der Waals surface area contributed by atoms with Crippen molar-refractivity contribution in [2.45, 2.75) is 57.6 Å². The second kappa shape index (κ2) is 11.3.